The molecule has 19 heavy (non-hydrogen) atoms. The average molecular weight is 277 g/mol. The second kappa shape index (κ2) is 5.45. The van der Waals surface area contributed by atoms with E-state index < -0.39 is 0 Å². The summed E-state index contributed by atoms with van der Waals surface area (Å²) in [6, 6.07) is 8.21. The Labute approximate surface area is 118 Å². The van der Waals surface area contributed by atoms with Gasteiger partial charge in [-0.2, -0.15) is 4.98 Å². The molecule has 0 bridgehead atoms. The van der Waals surface area contributed by atoms with Crippen molar-refractivity contribution in [2.75, 3.05) is 17.2 Å². The zero-order chi connectivity index (χ0) is 14.0. The predicted octanol–water partition coefficient (Wildman–Crippen LogP) is 3.49. The number of aromatic nitrogens is 2. The van der Waals surface area contributed by atoms with Crippen molar-refractivity contribution in [3.63, 3.8) is 0 Å². The number of halogens is 1. The summed E-state index contributed by atoms with van der Waals surface area (Å²) in [5.41, 5.74) is 9.58. The van der Waals surface area contributed by atoms with Crippen LogP contribution in [0.4, 0.5) is 17.2 Å². The fraction of sp³-hybridized carbons (Fsp3) is 0.286. The maximum Gasteiger partial charge on any atom is 0.224 e. The van der Waals surface area contributed by atoms with Crippen LogP contribution < -0.4 is 10.6 Å². The van der Waals surface area contributed by atoms with Gasteiger partial charge in [-0.05, 0) is 44.5 Å². The van der Waals surface area contributed by atoms with Crippen LogP contribution in [-0.4, -0.2) is 16.5 Å². The summed E-state index contributed by atoms with van der Waals surface area (Å²) in [5, 5.41) is 0.215. The Bertz CT molecular complexity index is 581. The van der Waals surface area contributed by atoms with Crippen molar-refractivity contribution in [3.8, 4) is 0 Å². The highest BCUT2D eigenvalue weighted by molar-refractivity contribution is 6.28. The molecule has 0 unspecified atom stereocenters. The highest BCUT2D eigenvalue weighted by atomic mass is 35.5. The normalized spacial score (nSPS) is 10.5. The monoisotopic (exact) mass is 276 g/mol. The molecule has 0 aliphatic heterocycles. The molecule has 0 atom stereocenters. The lowest BCUT2D eigenvalue weighted by Gasteiger charge is -2.24. The minimum Gasteiger partial charge on any atom is -0.394 e. The summed E-state index contributed by atoms with van der Waals surface area (Å²) in [7, 11) is 0. The lowest BCUT2D eigenvalue weighted by Crippen LogP contribution is -2.20. The number of rotatable bonds is 3. The van der Waals surface area contributed by atoms with Gasteiger partial charge in [0.1, 0.15) is 0 Å². The van der Waals surface area contributed by atoms with Crippen LogP contribution in [0.3, 0.4) is 0 Å². The van der Waals surface area contributed by atoms with Crippen LogP contribution in [0, 0.1) is 13.8 Å². The maximum absolute atomic E-state index is 6.07. The lowest BCUT2D eigenvalue weighted by molar-refractivity contribution is 0.970. The van der Waals surface area contributed by atoms with Crippen LogP contribution in [0.15, 0.2) is 24.3 Å². The van der Waals surface area contributed by atoms with Gasteiger partial charge in [0.15, 0.2) is 5.82 Å². The molecular weight excluding hydrogens is 260 g/mol. The highest BCUT2D eigenvalue weighted by Gasteiger charge is 2.15. The molecule has 0 saturated carbocycles. The van der Waals surface area contributed by atoms with E-state index in [2.05, 4.69) is 29.0 Å². The summed E-state index contributed by atoms with van der Waals surface area (Å²) in [6.07, 6.45) is 0. The number of benzene rings is 1. The van der Waals surface area contributed by atoms with Crippen molar-refractivity contribution in [2.24, 2.45) is 0 Å². The fourth-order valence-corrected chi connectivity index (χ4v) is 2.12. The molecule has 0 amide bonds. The van der Waals surface area contributed by atoms with Crippen molar-refractivity contribution in [1.82, 2.24) is 9.97 Å². The van der Waals surface area contributed by atoms with E-state index in [1.165, 1.54) is 5.56 Å². The molecule has 0 spiro atoms. The first-order valence-electron chi connectivity index (χ1n) is 6.16. The molecule has 1 aromatic carbocycles. The van der Waals surface area contributed by atoms with Crippen LogP contribution in [-0.2, 0) is 0 Å². The number of nitrogens with two attached hydrogens (primary N) is 1. The SMILES string of the molecule is CCN(c1ccc(C)cc1)c1nc(Cl)nc(C)c1N. The Balaban J connectivity index is 2.50. The summed E-state index contributed by atoms with van der Waals surface area (Å²) in [5.74, 6) is 0.656. The smallest absolute Gasteiger partial charge is 0.224 e. The van der Waals surface area contributed by atoms with Gasteiger partial charge in [0.05, 0.1) is 11.4 Å². The van der Waals surface area contributed by atoms with Gasteiger partial charge >= 0.3 is 0 Å². The Hall–Kier alpha value is -1.81. The molecule has 100 valence electrons. The Kier molecular flexibility index (Phi) is 3.90. The Morgan fingerprint density at radius 3 is 2.37 bits per heavy atom. The van der Waals surface area contributed by atoms with E-state index in [1.807, 2.05) is 30.9 Å². The molecular formula is C14H17ClN4. The zero-order valence-electron chi connectivity index (χ0n) is 11.3. The predicted molar refractivity (Wildman–Crippen MR) is 80.1 cm³/mol. The van der Waals surface area contributed by atoms with E-state index in [-0.39, 0.29) is 5.28 Å². The van der Waals surface area contributed by atoms with Crippen LogP contribution >= 0.6 is 11.6 Å². The largest absolute Gasteiger partial charge is 0.394 e. The number of nitrogens with zero attached hydrogens (tertiary/aromatic N) is 3. The molecule has 0 fully saturated rings. The molecule has 4 nitrogen and oxygen atoms in total. The zero-order valence-corrected chi connectivity index (χ0v) is 12.1. The highest BCUT2D eigenvalue weighted by Crippen LogP contribution is 2.30. The van der Waals surface area contributed by atoms with Gasteiger partial charge in [0.2, 0.25) is 5.28 Å². The minimum atomic E-state index is 0.215. The number of hydrogen-bond donors (Lipinski definition) is 1. The second-order valence-electron chi connectivity index (χ2n) is 4.40. The molecule has 0 saturated heterocycles. The van der Waals surface area contributed by atoms with E-state index >= 15 is 0 Å². The average Bonchev–Trinajstić information content (AvgIpc) is 2.38. The van der Waals surface area contributed by atoms with Crippen molar-refractivity contribution in [1.29, 1.82) is 0 Å². The van der Waals surface area contributed by atoms with Crippen molar-refractivity contribution in [3.05, 3.63) is 40.8 Å². The van der Waals surface area contributed by atoms with E-state index in [0.29, 0.717) is 17.2 Å². The summed E-state index contributed by atoms with van der Waals surface area (Å²) in [4.78, 5) is 10.3. The minimum absolute atomic E-state index is 0.215. The molecule has 2 N–H and O–H groups in total. The maximum atomic E-state index is 6.07. The van der Waals surface area contributed by atoms with Crippen LogP contribution in [0.1, 0.15) is 18.2 Å². The third-order valence-electron chi connectivity index (χ3n) is 3.01. The fourth-order valence-electron chi connectivity index (χ4n) is 1.92. The van der Waals surface area contributed by atoms with E-state index in [9.17, 15) is 0 Å². The van der Waals surface area contributed by atoms with Gasteiger partial charge in [0, 0.05) is 12.2 Å². The first kappa shape index (κ1) is 13.6. The summed E-state index contributed by atoms with van der Waals surface area (Å²) >= 11 is 5.93. The summed E-state index contributed by atoms with van der Waals surface area (Å²) < 4.78 is 0. The van der Waals surface area contributed by atoms with Gasteiger partial charge in [0.25, 0.3) is 0 Å². The first-order chi connectivity index (χ1) is 9.02. The molecule has 5 heteroatoms. The quantitative estimate of drug-likeness (QED) is 0.872. The molecule has 1 aromatic heterocycles. The van der Waals surface area contributed by atoms with Gasteiger partial charge < -0.3 is 10.6 Å². The van der Waals surface area contributed by atoms with Crippen LogP contribution in [0.25, 0.3) is 0 Å². The van der Waals surface area contributed by atoms with Crippen molar-refractivity contribution in [2.45, 2.75) is 20.8 Å². The lowest BCUT2D eigenvalue weighted by atomic mass is 10.2. The van der Waals surface area contributed by atoms with Gasteiger partial charge in [-0.15, -0.1) is 0 Å². The molecule has 0 aliphatic carbocycles. The van der Waals surface area contributed by atoms with Crippen LogP contribution in [0.5, 0.6) is 0 Å². The van der Waals surface area contributed by atoms with E-state index in [0.717, 1.165) is 12.2 Å². The van der Waals surface area contributed by atoms with Crippen LogP contribution in [0.2, 0.25) is 5.28 Å². The molecule has 2 aromatic rings. The Morgan fingerprint density at radius 1 is 1.16 bits per heavy atom. The van der Waals surface area contributed by atoms with Crippen molar-refractivity contribution < 1.29 is 0 Å². The summed E-state index contributed by atoms with van der Waals surface area (Å²) in [6.45, 7) is 6.68. The standard InChI is InChI=1S/C14H17ClN4/c1-4-19(11-7-5-9(2)6-8-11)13-12(16)10(3)17-14(15)18-13/h5-8H,4,16H2,1-3H3. The third kappa shape index (κ3) is 2.79. The number of anilines is 3. The number of nitrogen functional groups attached to an aromatic ring is 1. The van der Waals surface area contributed by atoms with E-state index in [1.54, 1.807) is 0 Å². The number of aryl methyl sites for hydroxylation is 2. The molecule has 0 radical (unpaired) electrons. The topological polar surface area (TPSA) is 55.0 Å². The molecule has 0 aliphatic rings. The van der Waals surface area contributed by atoms with E-state index in [4.69, 9.17) is 17.3 Å². The first-order valence-corrected chi connectivity index (χ1v) is 6.54. The molecule has 2 rings (SSSR count). The van der Waals surface area contributed by atoms with Gasteiger partial charge in [-0.1, -0.05) is 17.7 Å². The van der Waals surface area contributed by atoms with Crippen molar-refractivity contribution >= 4 is 28.8 Å². The second-order valence-corrected chi connectivity index (χ2v) is 4.73. The third-order valence-corrected chi connectivity index (χ3v) is 3.18. The Morgan fingerprint density at radius 2 is 1.79 bits per heavy atom. The number of hydrogen-bond acceptors (Lipinski definition) is 4. The molecule has 1 heterocycles. The van der Waals surface area contributed by atoms with Gasteiger partial charge in [-0.25, -0.2) is 4.98 Å². The van der Waals surface area contributed by atoms with Gasteiger partial charge in [-0.3, -0.25) is 0 Å².